The van der Waals surface area contributed by atoms with Gasteiger partial charge in [-0.2, -0.15) is 0 Å². The van der Waals surface area contributed by atoms with Crippen LogP contribution in [0.1, 0.15) is 16.1 Å². The summed E-state index contributed by atoms with van der Waals surface area (Å²) in [4.78, 5) is 12.1. The number of halogens is 2. The molecule has 0 fully saturated rings. The summed E-state index contributed by atoms with van der Waals surface area (Å²) < 4.78 is 36.7. The minimum Gasteiger partial charge on any atom is -0.493 e. The van der Waals surface area contributed by atoms with Crippen LogP contribution < -0.4 is 4.74 Å². The van der Waals surface area contributed by atoms with E-state index < -0.39 is 11.6 Å². The number of methoxy groups -OCH3 is 1. The SMILES string of the molecule is COc1cccc2cc(C(=O)/C=C/c3ccc(F)c(F)c3)oc12. The zero-order valence-corrected chi connectivity index (χ0v) is 12.2. The number of carbonyl (C=O) groups excluding carboxylic acids is 1. The van der Waals surface area contributed by atoms with Gasteiger partial charge in [-0.25, -0.2) is 8.78 Å². The van der Waals surface area contributed by atoms with Crippen LogP contribution in [0.3, 0.4) is 0 Å². The largest absolute Gasteiger partial charge is 0.493 e. The van der Waals surface area contributed by atoms with Gasteiger partial charge in [0.2, 0.25) is 5.78 Å². The van der Waals surface area contributed by atoms with Crippen LogP contribution >= 0.6 is 0 Å². The fraction of sp³-hybridized carbons (Fsp3) is 0.0556. The molecule has 5 heteroatoms. The number of para-hydroxylation sites is 1. The van der Waals surface area contributed by atoms with Crippen LogP contribution in [0.25, 0.3) is 17.0 Å². The molecular weight excluding hydrogens is 302 g/mol. The summed E-state index contributed by atoms with van der Waals surface area (Å²) in [7, 11) is 1.52. The standard InChI is InChI=1S/C18H12F2O3/c1-22-16-4-2-3-12-10-17(23-18(12)16)15(21)8-6-11-5-7-13(19)14(20)9-11/h2-10H,1H3/b8-6+. The van der Waals surface area contributed by atoms with Gasteiger partial charge in [-0.05, 0) is 35.9 Å². The van der Waals surface area contributed by atoms with Crippen molar-refractivity contribution in [3.63, 3.8) is 0 Å². The Bertz CT molecular complexity index is 910. The Morgan fingerprint density at radius 2 is 1.96 bits per heavy atom. The second kappa shape index (κ2) is 6.04. The third-order valence-electron chi connectivity index (χ3n) is 3.34. The highest BCUT2D eigenvalue weighted by Gasteiger charge is 2.12. The summed E-state index contributed by atoms with van der Waals surface area (Å²) >= 11 is 0. The fourth-order valence-corrected chi connectivity index (χ4v) is 2.19. The molecule has 0 N–H and O–H groups in total. The van der Waals surface area contributed by atoms with Gasteiger partial charge in [-0.3, -0.25) is 4.79 Å². The van der Waals surface area contributed by atoms with Crippen LogP contribution in [0, 0.1) is 11.6 Å². The first kappa shape index (κ1) is 15.0. The predicted molar refractivity (Wildman–Crippen MR) is 82.5 cm³/mol. The molecule has 0 saturated heterocycles. The molecule has 0 aliphatic rings. The normalized spacial score (nSPS) is 11.3. The molecule has 2 aromatic carbocycles. The third-order valence-corrected chi connectivity index (χ3v) is 3.34. The lowest BCUT2D eigenvalue weighted by Gasteiger charge is -1.98. The lowest BCUT2D eigenvalue weighted by atomic mass is 10.1. The molecule has 116 valence electrons. The van der Waals surface area contributed by atoms with Crippen LogP contribution in [-0.4, -0.2) is 12.9 Å². The Hall–Kier alpha value is -2.95. The average Bonchev–Trinajstić information content (AvgIpc) is 2.99. The van der Waals surface area contributed by atoms with Crippen molar-refractivity contribution in [3.05, 3.63) is 71.5 Å². The smallest absolute Gasteiger partial charge is 0.221 e. The zero-order valence-electron chi connectivity index (χ0n) is 12.2. The van der Waals surface area contributed by atoms with Crippen molar-refractivity contribution >= 4 is 22.8 Å². The zero-order chi connectivity index (χ0) is 16.4. The maximum atomic E-state index is 13.1. The number of rotatable bonds is 4. The summed E-state index contributed by atoms with van der Waals surface area (Å²) in [6, 6.07) is 10.3. The van der Waals surface area contributed by atoms with E-state index in [-0.39, 0.29) is 11.5 Å². The van der Waals surface area contributed by atoms with E-state index in [0.29, 0.717) is 16.9 Å². The number of carbonyl (C=O) groups is 1. The number of allylic oxidation sites excluding steroid dienone is 1. The number of benzene rings is 2. The van der Waals surface area contributed by atoms with Crippen LogP contribution in [0.5, 0.6) is 5.75 Å². The summed E-state index contributed by atoms with van der Waals surface area (Å²) in [6.07, 6.45) is 2.64. The van der Waals surface area contributed by atoms with E-state index in [9.17, 15) is 13.6 Å². The van der Waals surface area contributed by atoms with Gasteiger partial charge in [-0.1, -0.05) is 24.3 Å². The Morgan fingerprint density at radius 3 is 2.70 bits per heavy atom. The highest BCUT2D eigenvalue weighted by atomic mass is 19.2. The lowest BCUT2D eigenvalue weighted by Crippen LogP contribution is -1.91. The molecule has 0 amide bonds. The summed E-state index contributed by atoms with van der Waals surface area (Å²) in [6.45, 7) is 0. The van der Waals surface area contributed by atoms with Crippen molar-refractivity contribution in [2.75, 3.05) is 7.11 Å². The second-order valence-corrected chi connectivity index (χ2v) is 4.86. The van der Waals surface area contributed by atoms with Gasteiger partial charge in [0, 0.05) is 5.39 Å². The molecule has 0 aliphatic heterocycles. The monoisotopic (exact) mass is 314 g/mol. The van der Waals surface area contributed by atoms with Gasteiger partial charge < -0.3 is 9.15 Å². The molecule has 1 aromatic heterocycles. The minimum atomic E-state index is -0.965. The van der Waals surface area contributed by atoms with E-state index in [1.807, 2.05) is 0 Å². The topological polar surface area (TPSA) is 39.4 Å². The van der Waals surface area contributed by atoms with Crippen molar-refractivity contribution in [3.8, 4) is 5.75 Å². The highest BCUT2D eigenvalue weighted by Crippen LogP contribution is 2.28. The lowest BCUT2D eigenvalue weighted by molar-refractivity contribution is 0.102. The first-order valence-corrected chi connectivity index (χ1v) is 6.82. The number of ether oxygens (including phenoxy) is 1. The van der Waals surface area contributed by atoms with E-state index >= 15 is 0 Å². The van der Waals surface area contributed by atoms with Crippen molar-refractivity contribution < 1.29 is 22.7 Å². The molecule has 23 heavy (non-hydrogen) atoms. The first-order chi connectivity index (χ1) is 11.1. The second-order valence-electron chi connectivity index (χ2n) is 4.86. The molecule has 3 rings (SSSR count). The molecule has 0 bridgehead atoms. The Labute approximate surface area is 130 Å². The van der Waals surface area contributed by atoms with Crippen LogP contribution in [0.2, 0.25) is 0 Å². The molecule has 0 spiro atoms. The molecule has 0 saturated carbocycles. The van der Waals surface area contributed by atoms with Crippen molar-refractivity contribution in [1.82, 2.24) is 0 Å². The van der Waals surface area contributed by atoms with E-state index in [4.69, 9.17) is 9.15 Å². The number of hydrogen-bond acceptors (Lipinski definition) is 3. The molecule has 3 aromatic rings. The average molecular weight is 314 g/mol. The van der Waals surface area contributed by atoms with Crippen LogP contribution in [0.4, 0.5) is 8.78 Å². The highest BCUT2D eigenvalue weighted by molar-refractivity contribution is 6.07. The van der Waals surface area contributed by atoms with E-state index in [2.05, 4.69) is 0 Å². The van der Waals surface area contributed by atoms with Gasteiger partial charge in [0.15, 0.2) is 28.7 Å². The molecule has 3 nitrogen and oxygen atoms in total. The molecule has 0 unspecified atom stereocenters. The van der Waals surface area contributed by atoms with Crippen molar-refractivity contribution in [1.29, 1.82) is 0 Å². The molecular formula is C18H12F2O3. The Balaban J connectivity index is 1.88. The Kier molecular flexibility index (Phi) is 3.93. The van der Waals surface area contributed by atoms with E-state index in [0.717, 1.165) is 17.5 Å². The number of ketones is 1. The Morgan fingerprint density at radius 1 is 1.13 bits per heavy atom. The summed E-state index contributed by atoms with van der Waals surface area (Å²) in [5.41, 5.74) is 0.866. The van der Waals surface area contributed by atoms with Gasteiger partial charge in [0.05, 0.1) is 7.11 Å². The first-order valence-electron chi connectivity index (χ1n) is 6.82. The number of hydrogen-bond donors (Lipinski definition) is 0. The van der Waals surface area contributed by atoms with Gasteiger partial charge in [-0.15, -0.1) is 0 Å². The van der Waals surface area contributed by atoms with Gasteiger partial charge >= 0.3 is 0 Å². The molecule has 0 aliphatic carbocycles. The maximum absolute atomic E-state index is 13.1. The van der Waals surface area contributed by atoms with E-state index in [1.165, 1.54) is 25.3 Å². The summed E-state index contributed by atoms with van der Waals surface area (Å²) in [5.74, 6) is -1.60. The fourth-order valence-electron chi connectivity index (χ4n) is 2.19. The van der Waals surface area contributed by atoms with Gasteiger partial charge in [0.25, 0.3) is 0 Å². The predicted octanol–water partition coefficient (Wildman–Crippen LogP) is 4.62. The van der Waals surface area contributed by atoms with Crippen molar-refractivity contribution in [2.45, 2.75) is 0 Å². The molecule has 0 radical (unpaired) electrons. The maximum Gasteiger partial charge on any atom is 0.221 e. The van der Waals surface area contributed by atoms with Gasteiger partial charge in [0.1, 0.15) is 0 Å². The van der Waals surface area contributed by atoms with E-state index in [1.54, 1.807) is 24.3 Å². The molecule has 1 heterocycles. The number of furan rings is 1. The minimum absolute atomic E-state index is 0.142. The van der Waals surface area contributed by atoms with Crippen LogP contribution in [0.15, 0.2) is 53.0 Å². The summed E-state index contributed by atoms with van der Waals surface area (Å²) in [5, 5.41) is 0.744. The van der Waals surface area contributed by atoms with Crippen LogP contribution in [-0.2, 0) is 0 Å². The quantitative estimate of drug-likeness (QED) is 0.521. The molecule has 0 atom stereocenters. The number of fused-ring (bicyclic) bond motifs is 1. The third kappa shape index (κ3) is 2.99. The van der Waals surface area contributed by atoms with Crippen molar-refractivity contribution in [2.24, 2.45) is 0 Å².